The van der Waals surface area contributed by atoms with E-state index in [0.29, 0.717) is 11.3 Å². The maximum Gasteiger partial charge on any atom is 0.338 e. The molecule has 0 saturated carbocycles. The molecule has 0 bridgehead atoms. The van der Waals surface area contributed by atoms with E-state index in [4.69, 9.17) is 4.74 Å². The molecule has 2 heterocycles. The van der Waals surface area contributed by atoms with E-state index in [2.05, 4.69) is 0 Å². The van der Waals surface area contributed by atoms with Gasteiger partial charge in [0.05, 0.1) is 18.5 Å². The predicted octanol–water partition coefficient (Wildman–Crippen LogP) is 0.663. The minimum absolute atomic E-state index is 0.0540. The molecular weight excluding hydrogens is 222 g/mol. The first-order chi connectivity index (χ1) is 8.15. The molecule has 1 aromatic carbocycles. The van der Waals surface area contributed by atoms with Crippen molar-refractivity contribution in [3.63, 3.8) is 0 Å². The smallest absolute Gasteiger partial charge is 0.338 e. The molecule has 3 rings (SSSR count). The number of ketones is 1. The molecule has 2 aliphatic rings. The maximum atomic E-state index is 11.6. The number of rotatable bonds is 1. The molecule has 1 amide bonds. The van der Waals surface area contributed by atoms with Gasteiger partial charge in [-0.25, -0.2) is 4.79 Å². The van der Waals surface area contributed by atoms with Crippen molar-refractivity contribution in [1.29, 1.82) is 0 Å². The Labute approximate surface area is 97.0 Å². The van der Waals surface area contributed by atoms with Gasteiger partial charge in [-0.1, -0.05) is 6.07 Å². The molecule has 86 valence electrons. The van der Waals surface area contributed by atoms with Crippen molar-refractivity contribution in [3.05, 3.63) is 29.3 Å². The van der Waals surface area contributed by atoms with Gasteiger partial charge in [0.25, 0.3) is 0 Å². The lowest BCUT2D eigenvalue weighted by Crippen LogP contribution is -2.24. The van der Waals surface area contributed by atoms with Crippen molar-refractivity contribution in [2.75, 3.05) is 11.4 Å². The molecule has 5 heteroatoms. The molecule has 0 N–H and O–H groups in total. The minimum Gasteiger partial charge on any atom is -0.457 e. The van der Waals surface area contributed by atoms with E-state index in [9.17, 15) is 14.4 Å². The monoisotopic (exact) mass is 231 g/mol. The number of carbonyl (C=O) groups excluding carboxylic acids is 3. The van der Waals surface area contributed by atoms with E-state index in [1.54, 1.807) is 18.2 Å². The van der Waals surface area contributed by atoms with Crippen LogP contribution in [0.4, 0.5) is 5.69 Å². The number of amides is 1. The van der Waals surface area contributed by atoms with Crippen molar-refractivity contribution in [2.45, 2.75) is 13.0 Å². The van der Waals surface area contributed by atoms with Gasteiger partial charge in [-0.2, -0.15) is 0 Å². The zero-order valence-corrected chi connectivity index (χ0v) is 8.93. The van der Waals surface area contributed by atoms with Crippen LogP contribution in [0.5, 0.6) is 0 Å². The number of ether oxygens (including phenoxy) is 1. The Balaban J connectivity index is 2.00. The van der Waals surface area contributed by atoms with Crippen LogP contribution in [-0.2, 0) is 20.9 Å². The van der Waals surface area contributed by atoms with Crippen LogP contribution in [0, 0.1) is 0 Å². The summed E-state index contributed by atoms with van der Waals surface area (Å²) in [6.07, 6.45) is -0.0540. The quantitative estimate of drug-likeness (QED) is 0.526. The van der Waals surface area contributed by atoms with E-state index in [-0.39, 0.29) is 37.2 Å². The van der Waals surface area contributed by atoms with Gasteiger partial charge in [-0.3, -0.25) is 9.59 Å². The first kappa shape index (κ1) is 10.0. The van der Waals surface area contributed by atoms with Crippen LogP contribution in [0.1, 0.15) is 22.3 Å². The van der Waals surface area contributed by atoms with E-state index in [1.165, 1.54) is 4.90 Å². The average Bonchev–Trinajstić information content (AvgIpc) is 2.83. The lowest BCUT2D eigenvalue weighted by molar-refractivity contribution is -0.121. The van der Waals surface area contributed by atoms with Crippen LogP contribution >= 0.6 is 0 Å². The van der Waals surface area contributed by atoms with Crippen LogP contribution in [0.25, 0.3) is 0 Å². The number of anilines is 1. The van der Waals surface area contributed by atoms with Crippen molar-refractivity contribution in [1.82, 2.24) is 0 Å². The largest absolute Gasteiger partial charge is 0.457 e. The van der Waals surface area contributed by atoms with Gasteiger partial charge in [0.1, 0.15) is 6.61 Å². The summed E-state index contributed by atoms with van der Waals surface area (Å²) in [5.41, 5.74) is 1.88. The number of benzene rings is 1. The molecule has 0 radical (unpaired) electrons. The summed E-state index contributed by atoms with van der Waals surface area (Å²) in [6.45, 7) is 0.369. The summed E-state index contributed by atoms with van der Waals surface area (Å²) in [7, 11) is 0. The highest BCUT2D eigenvalue weighted by Crippen LogP contribution is 2.27. The fourth-order valence-electron chi connectivity index (χ4n) is 2.09. The zero-order valence-electron chi connectivity index (χ0n) is 8.93. The molecule has 0 atom stereocenters. The van der Waals surface area contributed by atoms with E-state index >= 15 is 0 Å². The third kappa shape index (κ3) is 1.51. The molecule has 0 aliphatic carbocycles. The van der Waals surface area contributed by atoms with Crippen LogP contribution in [0.15, 0.2) is 18.2 Å². The summed E-state index contributed by atoms with van der Waals surface area (Å²) in [5, 5.41) is 0. The van der Waals surface area contributed by atoms with Crippen LogP contribution < -0.4 is 4.90 Å². The maximum absolute atomic E-state index is 11.6. The fraction of sp³-hybridized carbons (Fsp3) is 0.250. The van der Waals surface area contributed by atoms with E-state index in [1.807, 2.05) is 0 Å². The van der Waals surface area contributed by atoms with Crippen LogP contribution in [0.3, 0.4) is 0 Å². The number of cyclic esters (lactones) is 1. The normalized spacial score (nSPS) is 18.6. The van der Waals surface area contributed by atoms with Crippen molar-refractivity contribution in [2.24, 2.45) is 0 Å². The van der Waals surface area contributed by atoms with Gasteiger partial charge in [0, 0.05) is 11.3 Å². The minimum atomic E-state index is -0.375. The Hall–Kier alpha value is -2.17. The summed E-state index contributed by atoms with van der Waals surface area (Å²) < 4.78 is 4.88. The van der Waals surface area contributed by atoms with Gasteiger partial charge in [-0.15, -0.1) is 0 Å². The second-order valence-electron chi connectivity index (χ2n) is 4.11. The SMILES string of the molecule is O=C1CC(=O)N(c2ccc3c(c2)C(=O)OC3)C1. The molecule has 5 nitrogen and oxygen atoms in total. The zero-order chi connectivity index (χ0) is 12.0. The van der Waals surface area contributed by atoms with Gasteiger partial charge < -0.3 is 9.64 Å². The highest BCUT2D eigenvalue weighted by atomic mass is 16.5. The molecular formula is C12H9NO4. The van der Waals surface area contributed by atoms with Gasteiger partial charge in [-0.05, 0) is 12.1 Å². The van der Waals surface area contributed by atoms with Gasteiger partial charge in [0.15, 0.2) is 5.78 Å². The lowest BCUT2D eigenvalue weighted by atomic mass is 10.1. The molecule has 2 aliphatic heterocycles. The number of hydrogen-bond acceptors (Lipinski definition) is 4. The van der Waals surface area contributed by atoms with Crippen molar-refractivity contribution >= 4 is 23.3 Å². The standard InChI is InChI=1S/C12H9NO4/c14-9-4-11(15)13(5-9)8-2-1-7-6-17-12(16)10(7)3-8/h1-3H,4-6H2. The third-order valence-electron chi connectivity index (χ3n) is 2.97. The van der Waals surface area contributed by atoms with Gasteiger partial charge >= 0.3 is 5.97 Å². The highest BCUT2D eigenvalue weighted by molar-refractivity contribution is 6.15. The molecule has 1 aromatic rings. The summed E-state index contributed by atoms with van der Waals surface area (Å²) >= 11 is 0. The Morgan fingerprint density at radius 1 is 1.18 bits per heavy atom. The number of nitrogens with zero attached hydrogens (tertiary/aromatic N) is 1. The van der Waals surface area contributed by atoms with E-state index < -0.39 is 0 Å². The van der Waals surface area contributed by atoms with Gasteiger partial charge in [0.2, 0.25) is 5.91 Å². The summed E-state index contributed by atoms with van der Waals surface area (Å²) in [6, 6.07) is 5.10. The number of fused-ring (bicyclic) bond motifs is 1. The Morgan fingerprint density at radius 3 is 2.71 bits per heavy atom. The fourth-order valence-corrected chi connectivity index (χ4v) is 2.09. The topological polar surface area (TPSA) is 63.7 Å². The second-order valence-corrected chi connectivity index (χ2v) is 4.11. The first-order valence-electron chi connectivity index (χ1n) is 5.27. The number of Topliss-reactive ketones (excluding diaryl/α,β-unsaturated/α-hetero) is 1. The molecule has 17 heavy (non-hydrogen) atoms. The van der Waals surface area contributed by atoms with Crippen molar-refractivity contribution in [3.8, 4) is 0 Å². The Bertz CT molecular complexity index is 549. The van der Waals surface area contributed by atoms with Crippen LogP contribution in [-0.4, -0.2) is 24.2 Å². The lowest BCUT2D eigenvalue weighted by Gasteiger charge is -2.14. The highest BCUT2D eigenvalue weighted by Gasteiger charge is 2.30. The number of hydrogen-bond donors (Lipinski definition) is 0. The number of esters is 1. The van der Waals surface area contributed by atoms with Crippen molar-refractivity contribution < 1.29 is 19.1 Å². The molecule has 0 aromatic heterocycles. The van der Waals surface area contributed by atoms with E-state index in [0.717, 1.165) is 5.56 Å². The Kier molecular flexibility index (Phi) is 2.01. The molecule has 0 unspecified atom stereocenters. The predicted molar refractivity (Wildman–Crippen MR) is 57.5 cm³/mol. The molecule has 0 spiro atoms. The third-order valence-corrected chi connectivity index (χ3v) is 2.97. The first-order valence-corrected chi connectivity index (χ1v) is 5.27. The Morgan fingerprint density at radius 2 is 2.00 bits per heavy atom. The second kappa shape index (κ2) is 3.41. The molecule has 1 saturated heterocycles. The summed E-state index contributed by atoms with van der Waals surface area (Å²) in [5.74, 6) is -0.695. The average molecular weight is 231 g/mol. The number of carbonyl (C=O) groups is 3. The summed E-state index contributed by atoms with van der Waals surface area (Å²) in [4.78, 5) is 35.5. The van der Waals surface area contributed by atoms with Crippen LogP contribution in [0.2, 0.25) is 0 Å². The molecule has 1 fully saturated rings.